The maximum atomic E-state index is 12.2. The molecule has 2 aromatic rings. The molecule has 0 bridgehead atoms. The van der Waals surface area contributed by atoms with E-state index in [-0.39, 0.29) is 5.97 Å². The number of hydrogen-bond acceptors (Lipinski definition) is 6. The van der Waals surface area contributed by atoms with E-state index < -0.39 is 0 Å². The third kappa shape index (κ3) is 4.65. The Balaban J connectivity index is 1.84. The summed E-state index contributed by atoms with van der Waals surface area (Å²) in [6.07, 6.45) is 3.83. The van der Waals surface area contributed by atoms with Gasteiger partial charge in [-0.3, -0.25) is 0 Å². The van der Waals surface area contributed by atoms with Crippen LogP contribution in [-0.2, 0) is 4.74 Å². The summed E-state index contributed by atoms with van der Waals surface area (Å²) in [5.74, 6) is -0.383. The molecule has 2 N–H and O–H groups in total. The average Bonchev–Trinajstić information content (AvgIpc) is 2.72. The second-order valence-electron chi connectivity index (χ2n) is 7.53. The number of carbonyl (C=O) groups is 1. The highest BCUT2D eigenvalue weighted by molar-refractivity contribution is 5.96. The zero-order valence-corrected chi connectivity index (χ0v) is 17.7. The van der Waals surface area contributed by atoms with Crippen molar-refractivity contribution in [3.63, 3.8) is 0 Å². The smallest absolute Gasteiger partial charge is 0.338 e. The van der Waals surface area contributed by atoms with Gasteiger partial charge in [0.1, 0.15) is 0 Å². The van der Waals surface area contributed by atoms with Crippen LogP contribution in [0.5, 0.6) is 0 Å². The van der Waals surface area contributed by atoms with E-state index >= 15 is 0 Å². The van der Waals surface area contributed by atoms with Crippen LogP contribution in [-0.4, -0.2) is 58.3 Å². The minimum Gasteiger partial charge on any atom is -0.465 e. The van der Waals surface area contributed by atoms with Gasteiger partial charge in [-0.2, -0.15) is 0 Å². The molecular weight excluding hydrogens is 364 g/mol. The molecule has 0 atom stereocenters. The van der Waals surface area contributed by atoms with E-state index in [0.29, 0.717) is 11.3 Å². The van der Waals surface area contributed by atoms with Crippen molar-refractivity contribution in [1.82, 2.24) is 4.90 Å². The number of para-hydroxylation sites is 1. The van der Waals surface area contributed by atoms with Crippen LogP contribution in [0.25, 0.3) is 6.08 Å². The van der Waals surface area contributed by atoms with Gasteiger partial charge in [0.15, 0.2) is 0 Å². The molecule has 0 amide bonds. The van der Waals surface area contributed by atoms with Gasteiger partial charge in [-0.25, -0.2) is 4.79 Å². The molecule has 6 nitrogen and oxygen atoms in total. The van der Waals surface area contributed by atoms with Gasteiger partial charge < -0.3 is 25.2 Å². The summed E-state index contributed by atoms with van der Waals surface area (Å²) in [4.78, 5) is 18.8. The lowest BCUT2D eigenvalue weighted by molar-refractivity contribution is 0.0600. The summed E-state index contributed by atoms with van der Waals surface area (Å²) in [5.41, 5.74) is 11.8. The van der Waals surface area contributed by atoms with Gasteiger partial charge in [-0.15, -0.1) is 0 Å². The van der Waals surface area contributed by atoms with E-state index in [1.165, 1.54) is 18.4 Å². The van der Waals surface area contributed by atoms with Crippen molar-refractivity contribution < 1.29 is 9.53 Å². The number of nitrogens with zero attached hydrogens (tertiary/aromatic N) is 3. The van der Waals surface area contributed by atoms with E-state index in [9.17, 15) is 4.79 Å². The van der Waals surface area contributed by atoms with Crippen LogP contribution in [0.4, 0.5) is 17.1 Å². The van der Waals surface area contributed by atoms with Crippen LogP contribution in [0.1, 0.15) is 21.5 Å². The molecular formula is C23H30N4O2. The number of ether oxygens (including phenoxy) is 1. The Bertz CT molecular complexity index is 900. The molecule has 1 aliphatic heterocycles. The average molecular weight is 395 g/mol. The molecule has 3 rings (SSSR count). The maximum Gasteiger partial charge on any atom is 0.338 e. The van der Waals surface area contributed by atoms with Gasteiger partial charge in [0.2, 0.25) is 0 Å². The minimum atomic E-state index is -0.383. The predicted molar refractivity (Wildman–Crippen MR) is 121 cm³/mol. The zero-order chi connectivity index (χ0) is 21.0. The second kappa shape index (κ2) is 8.90. The monoisotopic (exact) mass is 394 g/mol. The third-order valence-electron chi connectivity index (χ3n) is 5.23. The van der Waals surface area contributed by atoms with Gasteiger partial charge >= 0.3 is 5.97 Å². The first kappa shape index (κ1) is 20.6. The molecule has 1 heterocycles. The fraction of sp³-hybridized carbons (Fsp3) is 0.348. The first-order valence-corrected chi connectivity index (χ1v) is 9.82. The number of piperazine rings is 1. The molecule has 0 saturated carbocycles. The maximum absolute atomic E-state index is 12.2. The highest BCUT2D eigenvalue weighted by Crippen LogP contribution is 2.31. The van der Waals surface area contributed by atoms with Crippen molar-refractivity contribution in [1.29, 1.82) is 0 Å². The van der Waals surface area contributed by atoms with Crippen LogP contribution in [0.15, 0.2) is 42.6 Å². The number of hydrogen-bond donors (Lipinski definition) is 1. The number of anilines is 3. The van der Waals surface area contributed by atoms with E-state index in [1.807, 2.05) is 37.3 Å². The lowest BCUT2D eigenvalue weighted by Gasteiger charge is -2.38. The van der Waals surface area contributed by atoms with Crippen molar-refractivity contribution >= 4 is 29.1 Å². The molecule has 1 fully saturated rings. The number of esters is 1. The molecule has 1 aliphatic rings. The largest absolute Gasteiger partial charge is 0.465 e. The van der Waals surface area contributed by atoms with E-state index in [0.717, 1.165) is 37.4 Å². The SMILES string of the molecule is COC(=O)c1cc(N)c(N2CCN(c3ccccc3C)CC2)cc1/C=C/N(C)C. The number of rotatable bonds is 5. The topological polar surface area (TPSA) is 62.0 Å². The molecule has 1 saturated heterocycles. The van der Waals surface area contributed by atoms with E-state index in [2.05, 4.69) is 41.0 Å². The summed E-state index contributed by atoms with van der Waals surface area (Å²) in [6, 6.07) is 12.2. The van der Waals surface area contributed by atoms with Gasteiger partial charge in [0.25, 0.3) is 0 Å². The van der Waals surface area contributed by atoms with Crippen molar-refractivity contribution in [2.75, 3.05) is 62.9 Å². The second-order valence-corrected chi connectivity index (χ2v) is 7.53. The first-order valence-electron chi connectivity index (χ1n) is 9.82. The summed E-state index contributed by atoms with van der Waals surface area (Å²) < 4.78 is 4.94. The molecule has 0 unspecified atom stereocenters. The highest BCUT2D eigenvalue weighted by atomic mass is 16.5. The van der Waals surface area contributed by atoms with Crippen molar-refractivity contribution in [2.24, 2.45) is 0 Å². The Kier molecular flexibility index (Phi) is 6.32. The molecule has 2 aromatic carbocycles. The van der Waals surface area contributed by atoms with Crippen LogP contribution < -0.4 is 15.5 Å². The number of benzene rings is 2. The van der Waals surface area contributed by atoms with E-state index in [1.54, 1.807) is 6.07 Å². The van der Waals surface area contributed by atoms with Crippen molar-refractivity contribution in [3.05, 3.63) is 59.3 Å². The van der Waals surface area contributed by atoms with Crippen molar-refractivity contribution in [3.8, 4) is 0 Å². The summed E-state index contributed by atoms with van der Waals surface area (Å²) >= 11 is 0. The van der Waals surface area contributed by atoms with Gasteiger partial charge in [-0.1, -0.05) is 18.2 Å². The van der Waals surface area contributed by atoms with Gasteiger partial charge in [0.05, 0.1) is 24.0 Å². The highest BCUT2D eigenvalue weighted by Gasteiger charge is 2.22. The molecule has 29 heavy (non-hydrogen) atoms. The van der Waals surface area contributed by atoms with Crippen LogP contribution in [0.3, 0.4) is 0 Å². The van der Waals surface area contributed by atoms with Gasteiger partial charge in [0, 0.05) is 46.0 Å². The number of nitrogens with two attached hydrogens (primary N) is 1. The number of nitrogen functional groups attached to an aromatic ring is 1. The molecule has 154 valence electrons. The fourth-order valence-electron chi connectivity index (χ4n) is 3.66. The molecule has 0 spiro atoms. The third-order valence-corrected chi connectivity index (χ3v) is 5.23. The number of carbonyl (C=O) groups excluding carboxylic acids is 1. The predicted octanol–water partition coefficient (Wildman–Crippen LogP) is 3.22. The normalized spacial score (nSPS) is 14.3. The molecule has 0 aliphatic carbocycles. The lowest BCUT2D eigenvalue weighted by atomic mass is 10.0. The number of methoxy groups -OCH3 is 1. The van der Waals surface area contributed by atoms with Crippen LogP contribution in [0.2, 0.25) is 0 Å². The van der Waals surface area contributed by atoms with Crippen LogP contribution >= 0.6 is 0 Å². The Morgan fingerprint density at radius 1 is 1.07 bits per heavy atom. The minimum absolute atomic E-state index is 0.383. The molecule has 0 radical (unpaired) electrons. The Labute approximate surface area is 173 Å². The Morgan fingerprint density at radius 2 is 1.69 bits per heavy atom. The molecule has 6 heteroatoms. The Morgan fingerprint density at radius 3 is 2.28 bits per heavy atom. The standard InChI is InChI=1S/C23H30N4O2/c1-17-7-5-6-8-21(17)26-11-13-27(14-12-26)22-15-18(9-10-25(2)3)19(16-20(22)24)23(28)29-4/h5-10,15-16H,11-14,24H2,1-4H3/b10-9+. The first-order chi connectivity index (χ1) is 13.9. The zero-order valence-electron chi connectivity index (χ0n) is 17.7. The van der Waals surface area contributed by atoms with Gasteiger partial charge in [-0.05, 0) is 48.5 Å². The van der Waals surface area contributed by atoms with Crippen molar-refractivity contribution in [2.45, 2.75) is 6.92 Å². The van der Waals surface area contributed by atoms with Crippen LogP contribution in [0, 0.1) is 6.92 Å². The fourth-order valence-corrected chi connectivity index (χ4v) is 3.66. The summed E-state index contributed by atoms with van der Waals surface area (Å²) in [7, 11) is 5.27. The lowest BCUT2D eigenvalue weighted by Crippen LogP contribution is -2.47. The molecule has 0 aromatic heterocycles. The quantitative estimate of drug-likeness (QED) is 0.621. The number of aryl methyl sites for hydroxylation is 1. The summed E-state index contributed by atoms with van der Waals surface area (Å²) in [6.45, 7) is 5.73. The van der Waals surface area contributed by atoms with E-state index in [4.69, 9.17) is 10.5 Å². The Hall–Kier alpha value is -3.15. The summed E-state index contributed by atoms with van der Waals surface area (Å²) in [5, 5.41) is 0.